The Labute approximate surface area is 136 Å². The topological polar surface area (TPSA) is 30.7 Å². The highest BCUT2D eigenvalue weighted by Crippen LogP contribution is 2.50. The van der Waals surface area contributed by atoms with Gasteiger partial charge in [-0.25, -0.2) is 4.98 Å². The van der Waals surface area contributed by atoms with Gasteiger partial charge in [-0.1, -0.05) is 31.2 Å². The van der Waals surface area contributed by atoms with E-state index in [0.717, 1.165) is 6.42 Å². The standard InChI is InChI=1S/C20H19N3/c1-13-15-8-9-21-10-14(15)6-7-16(13)20-18-5-3-2-4-17(18)19-11-22-12-23(19)20/h2-5,8-13,16,20H,6-7H2,1H3. The summed E-state index contributed by atoms with van der Waals surface area (Å²) in [5, 5.41) is 0. The molecule has 3 heteroatoms. The average Bonchev–Trinajstić information content (AvgIpc) is 3.17. The Morgan fingerprint density at radius 1 is 1.04 bits per heavy atom. The fourth-order valence-corrected chi connectivity index (χ4v) is 4.63. The molecule has 3 nitrogen and oxygen atoms in total. The molecule has 3 atom stereocenters. The van der Waals surface area contributed by atoms with E-state index < -0.39 is 0 Å². The summed E-state index contributed by atoms with van der Waals surface area (Å²) in [7, 11) is 0. The molecule has 0 fully saturated rings. The maximum absolute atomic E-state index is 4.41. The summed E-state index contributed by atoms with van der Waals surface area (Å²) in [5.41, 5.74) is 6.97. The smallest absolute Gasteiger partial charge is 0.0956 e. The van der Waals surface area contributed by atoms with Gasteiger partial charge < -0.3 is 4.57 Å². The van der Waals surface area contributed by atoms with E-state index in [1.807, 2.05) is 24.9 Å². The average molecular weight is 301 g/mol. The van der Waals surface area contributed by atoms with Gasteiger partial charge in [0.25, 0.3) is 0 Å². The lowest BCUT2D eigenvalue weighted by molar-refractivity contribution is 0.301. The number of aryl methyl sites for hydroxylation is 1. The van der Waals surface area contributed by atoms with Crippen LogP contribution in [-0.4, -0.2) is 14.5 Å². The van der Waals surface area contributed by atoms with Gasteiger partial charge in [-0.2, -0.15) is 0 Å². The zero-order valence-electron chi connectivity index (χ0n) is 13.2. The van der Waals surface area contributed by atoms with Crippen LogP contribution in [0.2, 0.25) is 0 Å². The summed E-state index contributed by atoms with van der Waals surface area (Å²) in [6.45, 7) is 2.38. The SMILES string of the molecule is CC1c2ccncc2CCC1C1c2ccccc2-c2cncn21. The van der Waals surface area contributed by atoms with E-state index in [1.54, 1.807) is 0 Å². The van der Waals surface area contributed by atoms with Gasteiger partial charge in [0, 0.05) is 18.0 Å². The summed E-state index contributed by atoms with van der Waals surface area (Å²) < 4.78 is 2.39. The van der Waals surface area contributed by atoms with Crippen molar-refractivity contribution in [3.05, 3.63) is 71.9 Å². The summed E-state index contributed by atoms with van der Waals surface area (Å²) in [6, 6.07) is 11.4. The Hall–Kier alpha value is -2.42. The lowest BCUT2D eigenvalue weighted by Gasteiger charge is -2.36. The van der Waals surface area contributed by atoms with E-state index in [0.29, 0.717) is 17.9 Å². The molecule has 3 unspecified atom stereocenters. The molecule has 1 aliphatic heterocycles. The van der Waals surface area contributed by atoms with Crippen molar-refractivity contribution in [3.63, 3.8) is 0 Å². The Balaban J connectivity index is 1.64. The molecule has 2 aromatic heterocycles. The quantitative estimate of drug-likeness (QED) is 0.674. The maximum Gasteiger partial charge on any atom is 0.0956 e. The number of hydrogen-bond donors (Lipinski definition) is 0. The molecule has 1 aromatic carbocycles. The zero-order chi connectivity index (χ0) is 15.4. The predicted molar refractivity (Wildman–Crippen MR) is 90.3 cm³/mol. The molecule has 5 rings (SSSR count). The molecule has 3 aromatic rings. The van der Waals surface area contributed by atoms with Crippen molar-refractivity contribution in [2.45, 2.75) is 31.7 Å². The van der Waals surface area contributed by atoms with E-state index in [-0.39, 0.29) is 0 Å². The van der Waals surface area contributed by atoms with Crippen LogP contribution < -0.4 is 0 Å². The normalized spacial score (nSPS) is 24.8. The van der Waals surface area contributed by atoms with Crippen LogP contribution in [0.15, 0.2) is 55.2 Å². The number of benzene rings is 1. The van der Waals surface area contributed by atoms with Crippen LogP contribution in [0.4, 0.5) is 0 Å². The molecule has 0 amide bonds. The van der Waals surface area contributed by atoms with Crippen LogP contribution in [0.25, 0.3) is 11.3 Å². The van der Waals surface area contributed by atoms with Gasteiger partial charge in [-0.05, 0) is 47.4 Å². The van der Waals surface area contributed by atoms with Gasteiger partial charge in [0.1, 0.15) is 0 Å². The molecule has 1 aliphatic carbocycles. The van der Waals surface area contributed by atoms with E-state index in [1.165, 1.54) is 34.4 Å². The molecule has 0 radical (unpaired) electrons. The van der Waals surface area contributed by atoms with Crippen molar-refractivity contribution in [2.24, 2.45) is 5.92 Å². The first-order valence-corrected chi connectivity index (χ1v) is 8.38. The van der Waals surface area contributed by atoms with Crippen LogP contribution in [0, 0.1) is 5.92 Å². The van der Waals surface area contributed by atoms with Gasteiger partial charge in [0.15, 0.2) is 0 Å². The largest absolute Gasteiger partial charge is 0.323 e. The van der Waals surface area contributed by atoms with Crippen molar-refractivity contribution in [3.8, 4) is 11.3 Å². The fourth-order valence-electron chi connectivity index (χ4n) is 4.63. The van der Waals surface area contributed by atoms with Crippen LogP contribution in [0.5, 0.6) is 0 Å². The first kappa shape index (κ1) is 13.1. The van der Waals surface area contributed by atoms with Crippen LogP contribution >= 0.6 is 0 Å². The maximum atomic E-state index is 4.41. The fraction of sp³-hybridized carbons (Fsp3) is 0.300. The number of aromatic nitrogens is 3. The first-order valence-electron chi connectivity index (χ1n) is 8.38. The third kappa shape index (κ3) is 1.76. The molecule has 0 spiro atoms. The molecule has 0 saturated heterocycles. The van der Waals surface area contributed by atoms with Crippen molar-refractivity contribution in [1.82, 2.24) is 14.5 Å². The molecule has 0 bridgehead atoms. The van der Waals surface area contributed by atoms with Crippen molar-refractivity contribution in [1.29, 1.82) is 0 Å². The zero-order valence-corrected chi connectivity index (χ0v) is 13.2. The minimum absolute atomic E-state index is 0.403. The number of hydrogen-bond acceptors (Lipinski definition) is 2. The molecular weight excluding hydrogens is 282 g/mol. The van der Waals surface area contributed by atoms with Gasteiger partial charge in [-0.15, -0.1) is 0 Å². The van der Waals surface area contributed by atoms with E-state index in [9.17, 15) is 0 Å². The highest BCUT2D eigenvalue weighted by atomic mass is 15.1. The molecule has 2 aliphatic rings. The Morgan fingerprint density at radius 2 is 1.96 bits per heavy atom. The lowest BCUT2D eigenvalue weighted by atomic mass is 9.72. The predicted octanol–water partition coefficient (Wildman–Crippen LogP) is 4.21. The van der Waals surface area contributed by atoms with Gasteiger partial charge in [0.05, 0.1) is 24.3 Å². The van der Waals surface area contributed by atoms with Crippen LogP contribution in [0.1, 0.15) is 42.0 Å². The molecular formula is C20H19N3. The monoisotopic (exact) mass is 301 g/mol. The third-order valence-electron chi connectivity index (χ3n) is 5.75. The summed E-state index contributed by atoms with van der Waals surface area (Å²) >= 11 is 0. The Kier molecular flexibility index (Phi) is 2.72. The van der Waals surface area contributed by atoms with E-state index in [2.05, 4.69) is 51.8 Å². The third-order valence-corrected chi connectivity index (χ3v) is 5.75. The van der Waals surface area contributed by atoms with Gasteiger partial charge in [-0.3, -0.25) is 4.98 Å². The Bertz CT molecular complexity index is 880. The molecule has 0 N–H and O–H groups in total. The summed E-state index contributed by atoms with van der Waals surface area (Å²) in [6.07, 6.45) is 10.3. The summed E-state index contributed by atoms with van der Waals surface area (Å²) in [5.74, 6) is 1.13. The minimum Gasteiger partial charge on any atom is -0.323 e. The first-order chi connectivity index (χ1) is 11.3. The minimum atomic E-state index is 0.403. The Morgan fingerprint density at radius 3 is 2.91 bits per heavy atom. The second-order valence-corrected chi connectivity index (χ2v) is 6.78. The second kappa shape index (κ2) is 4.79. The van der Waals surface area contributed by atoms with Crippen molar-refractivity contribution in [2.75, 3.05) is 0 Å². The second-order valence-electron chi connectivity index (χ2n) is 6.78. The van der Waals surface area contributed by atoms with Gasteiger partial charge >= 0.3 is 0 Å². The molecule has 3 heterocycles. The highest BCUT2D eigenvalue weighted by Gasteiger charge is 2.39. The highest BCUT2D eigenvalue weighted by molar-refractivity contribution is 5.69. The van der Waals surface area contributed by atoms with E-state index >= 15 is 0 Å². The van der Waals surface area contributed by atoms with Gasteiger partial charge in [0.2, 0.25) is 0 Å². The van der Waals surface area contributed by atoms with E-state index in [4.69, 9.17) is 0 Å². The van der Waals surface area contributed by atoms with Crippen LogP contribution in [0.3, 0.4) is 0 Å². The summed E-state index contributed by atoms with van der Waals surface area (Å²) in [4.78, 5) is 8.71. The molecule has 114 valence electrons. The number of imidazole rings is 1. The number of nitrogens with zero attached hydrogens (tertiary/aromatic N) is 3. The van der Waals surface area contributed by atoms with Crippen molar-refractivity contribution >= 4 is 0 Å². The van der Waals surface area contributed by atoms with Crippen LogP contribution in [-0.2, 0) is 6.42 Å². The molecule has 23 heavy (non-hydrogen) atoms. The lowest BCUT2D eigenvalue weighted by Crippen LogP contribution is -2.27. The van der Waals surface area contributed by atoms with Crippen molar-refractivity contribution < 1.29 is 0 Å². The number of fused-ring (bicyclic) bond motifs is 4. The molecule has 0 saturated carbocycles. The number of rotatable bonds is 1. The number of pyridine rings is 1.